The van der Waals surface area contributed by atoms with Crippen molar-refractivity contribution in [1.29, 1.82) is 0 Å². The molecule has 1 aromatic heterocycles. The molecule has 1 aromatic carbocycles. The van der Waals surface area contributed by atoms with E-state index < -0.39 is 22.0 Å². The molecule has 7 nitrogen and oxygen atoms in total. The van der Waals surface area contributed by atoms with Gasteiger partial charge in [0.2, 0.25) is 5.91 Å². The fourth-order valence-corrected chi connectivity index (χ4v) is 5.96. The monoisotopic (exact) mass is 422 g/mol. The summed E-state index contributed by atoms with van der Waals surface area (Å²) >= 11 is 1.16. The molecule has 1 atom stereocenters. The van der Waals surface area contributed by atoms with Gasteiger partial charge in [0.1, 0.15) is 10.3 Å². The summed E-state index contributed by atoms with van der Waals surface area (Å²) in [5, 5.41) is 4.55. The number of ether oxygens (including phenoxy) is 1. The molecule has 0 radical (unpaired) electrons. The number of hydrogen-bond acceptors (Lipinski definition) is 6. The lowest BCUT2D eigenvalue weighted by Gasteiger charge is -2.22. The first-order valence-electron chi connectivity index (χ1n) is 8.94. The van der Waals surface area contributed by atoms with Crippen LogP contribution in [-0.4, -0.2) is 50.8 Å². The second-order valence-corrected chi connectivity index (χ2v) is 9.50. The number of sulfonamides is 1. The van der Waals surface area contributed by atoms with Crippen LogP contribution < -0.4 is 5.32 Å². The van der Waals surface area contributed by atoms with Crippen molar-refractivity contribution in [3.63, 3.8) is 0 Å². The van der Waals surface area contributed by atoms with Crippen LogP contribution in [0.3, 0.4) is 0 Å². The summed E-state index contributed by atoms with van der Waals surface area (Å²) in [6, 6.07) is 9.54. The molecule has 1 aliphatic rings. The maximum absolute atomic E-state index is 12.7. The first-order valence-corrected chi connectivity index (χ1v) is 11.3. The van der Waals surface area contributed by atoms with Crippen LogP contribution in [0.1, 0.15) is 28.8 Å². The molecule has 1 unspecified atom stereocenters. The van der Waals surface area contributed by atoms with Crippen LogP contribution in [0.5, 0.6) is 0 Å². The first kappa shape index (κ1) is 20.5. The minimum absolute atomic E-state index is 0.262. The fraction of sp³-hybridized carbons (Fsp3) is 0.368. The minimum atomic E-state index is -3.64. The van der Waals surface area contributed by atoms with Gasteiger partial charge in [-0.05, 0) is 48.4 Å². The summed E-state index contributed by atoms with van der Waals surface area (Å²) in [6.07, 6.45) is 1.76. The van der Waals surface area contributed by atoms with Gasteiger partial charge < -0.3 is 10.1 Å². The van der Waals surface area contributed by atoms with Gasteiger partial charge in [0.05, 0.1) is 12.7 Å². The smallest absolute Gasteiger partial charge is 0.337 e. The molecule has 2 aromatic rings. The highest BCUT2D eigenvalue weighted by atomic mass is 32.2. The number of rotatable bonds is 7. The molecule has 0 aliphatic carbocycles. The summed E-state index contributed by atoms with van der Waals surface area (Å²) in [5.74, 6) is -0.670. The lowest BCUT2D eigenvalue weighted by atomic mass is 10.1. The van der Waals surface area contributed by atoms with Gasteiger partial charge in [0, 0.05) is 13.1 Å². The van der Waals surface area contributed by atoms with Crippen molar-refractivity contribution in [3.8, 4) is 0 Å². The molecular formula is C19H22N2O5S2. The largest absolute Gasteiger partial charge is 0.465 e. The van der Waals surface area contributed by atoms with Gasteiger partial charge in [-0.25, -0.2) is 13.2 Å². The number of nitrogens with one attached hydrogen (secondary N) is 1. The number of amides is 1. The van der Waals surface area contributed by atoms with Crippen molar-refractivity contribution < 1.29 is 22.7 Å². The third kappa shape index (κ3) is 4.43. The zero-order valence-corrected chi connectivity index (χ0v) is 17.1. The van der Waals surface area contributed by atoms with E-state index in [1.807, 2.05) is 12.1 Å². The number of carbonyl (C=O) groups excluding carboxylic acids is 2. The number of esters is 1. The van der Waals surface area contributed by atoms with Crippen molar-refractivity contribution in [2.24, 2.45) is 0 Å². The van der Waals surface area contributed by atoms with Gasteiger partial charge in [-0.3, -0.25) is 4.79 Å². The molecule has 2 heterocycles. The first-order chi connectivity index (χ1) is 13.4. The molecule has 0 bridgehead atoms. The number of nitrogens with zero attached hydrogens (tertiary/aromatic N) is 1. The SMILES string of the molecule is COC(=O)c1ccc(CCNC(=O)C2CCCN2S(=O)(=O)c2cccs2)cc1. The molecule has 3 rings (SSSR count). The Bertz CT molecular complexity index is 924. The summed E-state index contributed by atoms with van der Waals surface area (Å²) in [5.41, 5.74) is 1.43. The standard InChI is InChI=1S/C19H22N2O5S2/c1-26-19(23)15-8-6-14(7-9-15)10-11-20-18(22)16-4-2-12-21(16)28(24,25)17-5-3-13-27-17/h3,5-9,13,16H,2,4,10-12H2,1H3,(H,20,22). The Morgan fingerprint density at radius 1 is 1.25 bits per heavy atom. The highest BCUT2D eigenvalue weighted by molar-refractivity contribution is 7.91. The summed E-state index contributed by atoms with van der Waals surface area (Å²) in [4.78, 5) is 24.0. The molecule has 1 fully saturated rings. The Labute approximate surface area is 168 Å². The van der Waals surface area contributed by atoms with E-state index in [-0.39, 0.29) is 10.1 Å². The molecule has 1 saturated heterocycles. The predicted molar refractivity (Wildman–Crippen MR) is 106 cm³/mol. The molecule has 150 valence electrons. The van der Waals surface area contributed by atoms with Crippen LogP contribution >= 0.6 is 11.3 Å². The number of benzene rings is 1. The van der Waals surface area contributed by atoms with Crippen molar-refractivity contribution >= 4 is 33.2 Å². The lowest BCUT2D eigenvalue weighted by molar-refractivity contribution is -0.124. The normalized spacial score (nSPS) is 17.4. The van der Waals surface area contributed by atoms with Gasteiger partial charge >= 0.3 is 5.97 Å². The van der Waals surface area contributed by atoms with Crippen LogP contribution in [0.25, 0.3) is 0 Å². The highest BCUT2D eigenvalue weighted by Crippen LogP contribution is 2.28. The minimum Gasteiger partial charge on any atom is -0.465 e. The van der Waals surface area contributed by atoms with E-state index in [9.17, 15) is 18.0 Å². The van der Waals surface area contributed by atoms with Crippen LogP contribution in [0.2, 0.25) is 0 Å². The zero-order chi connectivity index (χ0) is 20.1. The van der Waals surface area contributed by atoms with E-state index >= 15 is 0 Å². The Morgan fingerprint density at radius 2 is 2.00 bits per heavy atom. The lowest BCUT2D eigenvalue weighted by Crippen LogP contribution is -2.46. The molecule has 9 heteroatoms. The molecule has 28 heavy (non-hydrogen) atoms. The average Bonchev–Trinajstić information content (AvgIpc) is 3.40. The van der Waals surface area contributed by atoms with E-state index in [1.165, 1.54) is 11.4 Å². The molecule has 1 amide bonds. The number of methoxy groups -OCH3 is 1. The van der Waals surface area contributed by atoms with Crippen molar-refractivity contribution in [2.45, 2.75) is 29.5 Å². The Kier molecular flexibility index (Phi) is 6.48. The van der Waals surface area contributed by atoms with Crippen molar-refractivity contribution in [1.82, 2.24) is 9.62 Å². The van der Waals surface area contributed by atoms with E-state index in [0.717, 1.165) is 16.9 Å². The summed E-state index contributed by atoms with van der Waals surface area (Å²) in [6.45, 7) is 0.743. The van der Waals surface area contributed by atoms with E-state index in [4.69, 9.17) is 0 Å². The van der Waals surface area contributed by atoms with Gasteiger partial charge in [-0.1, -0.05) is 18.2 Å². The third-order valence-corrected chi connectivity index (χ3v) is 7.93. The molecule has 1 N–H and O–H groups in total. The van der Waals surface area contributed by atoms with Crippen molar-refractivity contribution in [3.05, 3.63) is 52.9 Å². The maximum Gasteiger partial charge on any atom is 0.337 e. The Balaban J connectivity index is 1.56. The van der Waals surface area contributed by atoms with E-state index in [2.05, 4.69) is 10.1 Å². The Morgan fingerprint density at radius 3 is 2.64 bits per heavy atom. The molecular weight excluding hydrogens is 400 g/mol. The van der Waals surface area contributed by atoms with Crippen LogP contribution in [0.4, 0.5) is 0 Å². The Hall–Kier alpha value is -2.23. The third-order valence-electron chi connectivity index (χ3n) is 4.65. The quantitative estimate of drug-likeness (QED) is 0.690. The van der Waals surface area contributed by atoms with Gasteiger partial charge in [0.15, 0.2) is 0 Å². The van der Waals surface area contributed by atoms with E-state index in [1.54, 1.807) is 29.6 Å². The van der Waals surface area contributed by atoms with Crippen LogP contribution in [-0.2, 0) is 26.0 Å². The topological polar surface area (TPSA) is 92.8 Å². The molecule has 0 saturated carbocycles. The fourth-order valence-electron chi connectivity index (χ4n) is 3.19. The average molecular weight is 423 g/mol. The number of carbonyl (C=O) groups is 2. The zero-order valence-electron chi connectivity index (χ0n) is 15.5. The van der Waals surface area contributed by atoms with Crippen LogP contribution in [0.15, 0.2) is 46.0 Å². The predicted octanol–water partition coefficient (Wildman–Crippen LogP) is 2.05. The molecule has 1 aliphatic heterocycles. The highest BCUT2D eigenvalue weighted by Gasteiger charge is 2.39. The van der Waals surface area contributed by atoms with Crippen LogP contribution in [0, 0.1) is 0 Å². The van der Waals surface area contributed by atoms with Gasteiger partial charge in [-0.15, -0.1) is 11.3 Å². The molecule has 0 spiro atoms. The summed E-state index contributed by atoms with van der Waals surface area (Å²) in [7, 11) is -2.30. The number of thiophene rings is 1. The second kappa shape index (κ2) is 8.85. The van der Waals surface area contributed by atoms with Gasteiger partial charge in [-0.2, -0.15) is 4.31 Å². The maximum atomic E-state index is 12.7. The summed E-state index contributed by atoms with van der Waals surface area (Å²) < 4.78 is 31.7. The number of hydrogen-bond donors (Lipinski definition) is 1. The van der Waals surface area contributed by atoms with Crippen molar-refractivity contribution in [2.75, 3.05) is 20.2 Å². The van der Waals surface area contributed by atoms with Gasteiger partial charge in [0.25, 0.3) is 10.0 Å². The second-order valence-electron chi connectivity index (χ2n) is 6.44. The van der Waals surface area contributed by atoms with E-state index in [0.29, 0.717) is 37.9 Å².